The monoisotopic (exact) mass is 251 g/mol. The SMILES string of the molecule is CC(C)n1ncnc1CN(C)C1CCCCC1N. The molecule has 1 aromatic heterocycles. The van der Waals surface area contributed by atoms with Gasteiger partial charge in [-0.15, -0.1) is 0 Å². The summed E-state index contributed by atoms with van der Waals surface area (Å²) in [6.45, 7) is 5.09. The third-order valence-corrected chi connectivity index (χ3v) is 3.87. The van der Waals surface area contributed by atoms with Gasteiger partial charge in [-0.3, -0.25) is 4.90 Å². The van der Waals surface area contributed by atoms with Crippen molar-refractivity contribution in [2.45, 2.75) is 64.2 Å². The zero-order valence-corrected chi connectivity index (χ0v) is 11.7. The van der Waals surface area contributed by atoms with E-state index in [1.165, 1.54) is 19.3 Å². The van der Waals surface area contributed by atoms with Gasteiger partial charge in [0.2, 0.25) is 0 Å². The highest BCUT2D eigenvalue weighted by Gasteiger charge is 2.26. The summed E-state index contributed by atoms with van der Waals surface area (Å²) in [5.41, 5.74) is 6.22. The minimum Gasteiger partial charge on any atom is -0.326 e. The molecule has 1 aliphatic carbocycles. The van der Waals surface area contributed by atoms with Crippen LogP contribution >= 0.6 is 0 Å². The molecule has 1 aromatic rings. The van der Waals surface area contributed by atoms with Crippen LogP contribution in [0.1, 0.15) is 51.4 Å². The molecule has 1 heterocycles. The third-order valence-electron chi connectivity index (χ3n) is 3.87. The lowest BCUT2D eigenvalue weighted by Crippen LogP contribution is -2.47. The Hall–Kier alpha value is -0.940. The zero-order valence-electron chi connectivity index (χ0n) is 11.7. The van der Waals surface area contributed by atoms with Crippen molar-refractivity contribution in [1.82, 2.24) is 19.7 Å². The largest absolute Gasteiger partial charge is 0.326 e. The molecule has 1 saturated carbocycles. The average Bonchev–Trinajstić information content (AvgIpc) is 2.77. The first-order valence-electron chi connectivity index (χ1n) is 6.93. The van der Waals surface area contributed by atoms with Crippen LogP contribution in [0.5, 0.6) is 0 Å². The van der Waals surface area contributed by atoms with Gasteiger partial charge in [0, 0.05) is 18.1 Å². The summed E-state index contributed by atoms with van der Waals surface area (Å²) < 4.78 is 1.99. The molecule has 5 nitrogen and oxygen atoms in total. The van der Waals surface area contributed by atoms with E-state index in [-0.39, 0.29) is 0 Å². The molecule has 0 aliphatic heterocycles. The molecule has 0 amide bonds. The normalized spacial score (nSPS) is 25.0. The first kappa shape index (κ1) is 13.5. The van der Waals surface area contributed by atoms with E-state index in [0.717, 1.165) is 18.8 Å². The molecule has 1 aliphatic rings. The van der Waals surface area contributed by atoms with Gasteiger partial charge in [-0.1, -0.05) is 12.8 Å². The van der Waals surface area contributed by atoms with Crippen molar-refractivity contribution in [3.63, 3.8) is 0 Å². The lowest BCUT2D eigenvalue weighted by Gasteiger charge is -2.35. The van der Waals surface area contributed by atoms with Crippen LogP contribution < -0.4 is 5.73 Å². The van der Waals surface area contributed by atoms with Crippen LogP contribution in [0, 0.1) is 0 Å². The van der Waals surface area contributed by atoms with Gasteiger partial charge in [0.1, 0.15) is 12.2 Å². The predicted molar refractivity (Wildman–Crippen MR) is 72.1 cm³/mol. The number of aromatic nitrogens is 3. The van der Waals surface area contributed by atoms with Crippen molar-refractivity contribution in [2.24, 2.45) is 5.73 Å². The number of likely N-dealkylation sites (N-methyl/N-ethyl adjacent to an activating group) is 1. The van der Waals surface area contributed by atoms with E-state index in [0.29, 0.717) is 18.1 Å². The molecule has 0 spiro atoms. The molecule has 0 saturated heterocycles. The lowest BCUT2D eigenvalue weighted by molar-refractivity contribution is 0.156. The topological polar surface area (TPSA) is 60.0 Å². The van der Waals surface area contributed by atoms with E-state index < -0.39 is 0 Å². The Balaban J connectivity index is 2.01. The maximum atomic E-state index is 6.22. The van der Waals surface area contributed by atoms with Crippen LogP contribution in [-0.2, 0) is 6.54 Å². The average molecular weight is 251 g/mol. The summed E-state index contributed by atoms with van der Waals surface area (Å²) in [4.78, 5) is 6.71. The van der Waals surface area contributed by atoms with Crippen LogP contribution in [-0.4, -0.2) is 38.8 Å². The van der Waals surface area contributed by atoms with E-state index in [1.54, 1.807) is 6.33 Å². The second-order valence-electron chi connectivity index (χ2n) is 5.65. The summed E-state index contributed by atoms with van der Waals surface area (Å²) in [6.07, 6.45) is 6.55. The Bertz CT molecular complexity index is 373. The van der Waals surface area contributed by atoms with E-state index in [1.807, 2.05) is 4.68 Å². The minimum absolute atomic E-state index is 0.305. The molecule has 2 atom stereocenters. The predicted octanol–water partition coefficient (Wildman–Crippen LogP) is 1.56. The van der Waals surface area contributed by atoms with Crippen molar-refractivity contribution in [3.8, 4) is 0 Å². The first-order chi connectivity index (χ1) is 8.59. The van der Waals surface area contributed by atoms with Gasteiger partial charge in [0.25, 0.3) is 0 Å². The van der Waals surface area contributed by atoms with Gasteiger partial charge < -0.3 is 5.73 Å². The van der Waals surface area contributed by atoms with Crippen molar-refractivity contribution in [2.75, 3.05) is 7.05 Å². The van der Waals surface area contributed by atoms with Gasteiger partial charge in [0.05, 0.1) is 6.54 Å². The molecule has 5 heteroatoms. The standard InChI is InChI=1S/C13H25N5/c1-10(2)18-13(15-9-16-18)8-17(3)12-7-5-4-6-11(12)14/h9-12H,4-8,14H2,1-3H3. The molecule has 0 aromatic carbocycles. The fourth-order valence-electron chi connectivity index (χ4n) is 2.85. The summed E-state index contributed by atoms with van der Waals surface area (Å²) in [5, 5.41) is 4.28. The summed E-state index contributed by atoms with van der Waals surface area (Å²) in [6, 6.07) is 1.14. The molecule has 0 bridgehead atoms. The Morgan fingerprint density at radius 1 is 1.44 bits per heavy atom. The summed E-state index contributed by atoms with van der Waals surface area (Å²) >= 11 is 0. The van der Waals surface area contributed by atoms with Crippen molar-refractivity contribution in [1.29, 1.82) is 0 Å². The number of rotatable bonds is 4. The molecule has 2 N–H and O–H groups in total. The molecular formula is C13H25N5. The molecule has 102 valence electrons. The highest BCUT2D eigenvalue weighted by Crippen LogP contribution is 2.22. The van der Waals surface area contributed by atoms with Gasteiger partial charge in [-0.05, 0) is 33.7 Å². The highest BCUT2D eigenvalue weighted by molar-refractivity contribution is 4.91. The molecule has 2 rings (SSSR count). The highest BCUT2D eigenvalue weighted by atomic mass is 15.4. The lowest BCUT2D eigenvalue weighted by atomic mass is 9.90. The Morgan fingerprint density at radius 2 is 2.17 bits per heavy atom. The molecule has 2 unspecified atom stereocenters. The fourth-order valence-corrected chi connectivity index (χ4v) is 2.85. The van der Waals surface area contributed by atoms with Gasteiger partial charge in [-0.25, -0.2) is 9.67 Å². The maximum Gasteiger partial charge on any atom is 0.141 e. The van der Waals surface area contributed by atoms with Crippen molar-refractivity contribution >= 4 is 0 Å². The molecule has 0 radical (unpaired) electrons. The van der Waals surface area contributed by atoms with Crippen LogP contribution in [0.25, 0.3) is 0 Å². The van der Waals surface area contributed by atoms with Gasteiger partial charge in [0.15, 0.2) is 0 Å². The quantitative estimate of drug-likeness (QED) is 0.882. The van der Waals surface area contributed by atoms with E-state index >= 15 is 0 Å². The number of hydrogen-bond donors (Lipinski definition) is 1. The molecule has 1 fully saturated rings. The van der Waals surface area contributed by atoms with E-state index in [9.17, 15) is 0 Å². The molecule has 18 heavy (non-hydrogen) atoms. The summed E-state index contributed by atoms with van der Waals surface area (Å²) in [7, 11) is 2.15. The third kappa shape index (κ3) is 2.90. The van der Waals surface area contributed by atoms with Crippen LogP contribution in [0.4, 0.5) is 0 Å². The van der Waals surface area contributed by atoms with Crippen LogP contribution in [0.2, 0.25) is 0 Å². The second-order valence-corrected chi connectivity index (χ2v) is 5.65. The first-order valence-corrected chi connectivity index (χ1v) is 6.93. The second kappa shape index (κ2) is 5.80. The smallest absolute Gasteiger partial charge is 0.141 e. The number of hydrogen-bond acceptors (Lipinski definition) is 4. The van der Waals surface area contributed by atoms with Gasteiger partial charge in [-0.2, -0.15) is 5.10 Å². The summed E-state index contributed by atoms with van der Waals surface area (Å²) in [5.74, 6) is 1.03. The zero-order chi connectivity index (χ0) is 13.1. The van der Waals surface area contributed by atoms with Crippen molar-refractivity contribution < 1.29 is 0 Å². The maximum absolute atomic E-state index is 6.22. The number of nitrogens with zero attached hydrogens (tertiary/aromatic N) is 4. The van der Waals surface area contributed by atoms with Gasteiger partial charge >= 0.3 is 0 Å². The van der Waals surface area contributed by atoms with Crippen molar-refractivity contribution in [3.05, 3.63) is 12.2 Å². The van der Waals surface area contributed by atoms with E-state index in [4.69, 9.17) is 5.73 Å². The van der Waals surface area contributed by atoms with Crippen LogP contribution in [0.15, 0.2) is 6.33 Å². The minimum atomic E-state index is 0.305. The number of nitrogens with two attached hydrogens (primary N) is 1. The fraction of sp³-hybridized carbons (Fsp3) is 0.846. The van der Waals surface area contributed by atoms with Crippen LogP contribution in [0.3, 0.4) is 0 Å². The van der Waals surface area contributed by atoms with E-state index in [2.05, 4.69) is 35.9 Å². The Morgan fingerprint density at radius 3 is 2.83 bits per heavy atom. The Labute approximate surface area is 109 Å². The molecular weight excluding hydrogens is 226 g/mol. The Kier molecular flexibility index (Phi) is 4.35.